The van der Waals surface area contributed by atoms with Crippen LogP contribution in [-0.4, -0.2) is 21.9 Å². The Labute approximate surface area is 172 Å². The van der Waals surface area contributed by atoms with E-state index in [1.807, 2.05) is 39.0 Å². The normalized spacial score (nSPS) is 10.7. The number of amides is 1. The van der Waals surface area contributed by atoms with Crippen LogP contribution < -0.4 is 10.1 Å². The molecular weight excluding hydrogens is 398 g/mol. The molecular formula is C20H20ClN3O3S. The molecule has 2 aromatic carbocycles. The Morgan fingerprint density at radius 3 is 2.61 bits per heavy atom. The first-order valence-electron chi connectivity index (χ1n) is 8.61. The van der Waals surface area contributed by atoms with E-state index < -0.39 is 0 Å². The van der Waals surface area contributed by atoms with Gasteiger partial charge in [0.15, 0.2) is 6.61 Å². The molecule has 0 aliphatic heterocycles. The van der Waals surface area contributed by atoms with Gasteiger partial charge in [0.05, 0.1) is 5.75 Å². The summed E-state index contributed by atoms with van der Waals surface area (Å²) in [6, 6.07) is 11.3. The minimum absolute atomic E-state index is 0.144. The monoisotopic (exact) mass is 417 g/mol. The lowest BCUT2D eigenvalue weighted by molar-refractivity contribution is -0.113. The highest BCUT2D eigenvalue weighted by Crippen LogP contribution is 2.22. The maximum absolute atomic E-state index is 12.1. The van der Waals surface area contributed by atoms with Gasteiger partial charge < -0.3 is 14.5 Å². The quantitative estimate of drug-likeness (QED) is 0.547. The molecule has 3 rings (SSSR count). The molecule has 0 fully saturated rings. The second-order valence-corrected chi connectivity index (χ2v) is 7.71. The van der Waals surface area contributed by atoms with Crippen molar-refractivity contribution in [1.82, 2.24) is 10.2 Å². The number of aromatic nitrogens is 2. The number of rotatable bonds is 7. The fraction of sp³-hybridized carbons (Fsp3) is 0.250. The van der Waals surface area contributed by atoms with Crippen molar-refractivity contribution in [2.45, 2.75) is 32.6 Å². The smallest absolute Gasteiger partial charge is 0.277 e. The molecule has 0 aliphatic rings. The first-order chi connectivity index (χ1) is 13.4. The molecule has 1 heterocycles. The van der Waals surface area contributed by atoms with Crippen LogP contribution in [0.2, 0.25) is 5.02 Å². The van der Waals surface area contributed by atoms with Gasteiger partial charge >= 0.3 is 0 Å². The third-order valence-electron chi connectivity index (χ3n) is 3.79. The molecule has 0 saturated carbocycles. The van der Waals surface area contributed by atoms with E-state index in [1.54, 1.807) is 12.1 Å². The van der Waals surface area contributed by atoms with Gasteiger partial charge in [-0.25, -0.2) is 0 Å². The predicted octanol–water partition coefficient (Wildman–Crippen LogP) is 4.96. The van der Waals surface area contributed by atoms with Gasteiger partial charge in [0.1, 0.15) is 5.75 Å². The van der Waals surface area contributed by atoms with Crippen molar-refractivity contribution < 1.29 is 13.9 Å². The SMILES string of the molecule is Cc1cc(C)cc(OCc2nnc(SCC(=O)Nc3ccc(C)c(Cl)c3)o2)c1. The summed E-state index contributed by atoms with van der Waals surface area (Å²) in [6.07, 6.45) is 0. The lowest BCUT2D eigenvalue weighted by Gasteiger charge is -2.06. The van der Waals surface area contributed by atoms with E-state index in [2.05, 4.69) is 21.6 Å². The Morgan fingerprint density at radius 2 is 1.89 bits per heavy atom. The average Bonchev–Trinajstić information content (AvgIpc) is 3.09. The number of carbonyl (C=O) groups is 1. The number of ether oxygens (including phenoxy) is 1. The second-order valence-electron chi connectivity index (χ2n) is 6.37. The number of hydrogen-bond donors (Lipinski definition) is 1. The summed E-state index contributed by atoms with van der Waals surface area (Å²) < 4.78 is 11.2. The standard InChI is InChI=1S/C20H20ClN3O3S/c1-12-6-13(2)8-16(7-12)26-10-19-23-24-20(27-19)28-11-18(25)22-15-5-4-14(3)17(21)9-15/h4-9H,10-11H2,1-3H3,(H,22,25). The van der Waals surface area contributed by atoms with Gasteiger partial charge in [-0.1, -0.05) is 35.5 Å². The van der Waals surface area contributed by atoms with Gasteiger partial charge in [0.2, 0.25) is 5.91 Å². The van der Waals surface area contributed by atoms with Crippen LogP contribution in [0, 0.1) is 20.8 Å². The van der Waals surface area contributed by atoms with E-state index >= 15 is 0 Å². The number of benzene rings is 2. The van der Waals surface area contributed by atoms with E-state index in [0.717, 1.165) is 34.2 Å². The number of nitrogens with one attached hydrogen (secondary N) is 1. The van der Waals surface area contributed by atoms with Crippen molar-refractivity contribution in [3.63, 3.8) is 0 Å². The Kier molecular flexibility index (Phi) is 6.59. The maximum atomic E-state index is 12.1. The van der Waals surface area contributed by atoms with Crippen LogP contribution in [0.25, 0.3) is 0 Å². The zero-order valence-corrected chi connectivity index (χ0v) is 17.4. The van der Waals surface area contributed by atoms with Crippen molar-refractivity contribution in [3.05, 3.63) is 64.0 Å². The van der Waals surface area contributed by atoms with E-state index in [9.17, 15) is 4.79 Å². The Morgan fingerprint density at radius 1 is 1.14 bits per heavy atom. The molecule has 3 aromatic rings. The zero-order valence-electron chi connectivity index (χ0n) is 15.8. The number of hydrogen-bond acceptors (Lipinski definition) is 6. The molecule has 0 spiro atoms. The number of anilines is 1. The molecule has 0 bridgehead atoms. The van der Waals surface area contributed by atoms with E-state index in [-0.39, 0.29) is 18.3 Å². The van der Waals surface area contributed by atoms with Crippen LogP contribution in [-0.2, 0) is 11.4 Å². The Balaban J connectivity index is 1.48. The number of nitrogens with zero attached hydrogens (tertiary/aromatic N) is 2. The lowest BCUT2D eigenvalue weighted by Crippen LogP contribution is -2.14. The summed E-state index contributed by atoms with van der Waals surface area (Å²) in [5.41, 5.74) is 3.85. The average molecular weight is 418 g/mol. The largest absolute Gasteiger partial charge is 0.484 e. The topological polar surface area (TPSA) is 77.2 Å². The zero-order chi connectivity index (χ0) is 20.1. The van der Waals surface area contributed by atoms with Crippen molar-refractivity contribution >= 4 is 35.0 Å². The number of thioether (sulfide) groups is 1. The third kappa shape index (κ3) is 5.74. The van der Waals surface area contributed by atoms with Crippen LogP contribution in [0.1, 0.15) is 22.6 Å². The van der Waals surface area contributed by atoms with Gasteiger partial charge in [-0.3, -0.25) is 4.79 Å². The summed E-state index contributed by atoms with van der Waals surface area (Å²) >= 11 is 7.22. The van der Waals surface area contributed by atoms with Gasteiger partial charge in [-0.05, 0) is 61.7 Å². The van der Waals surface area contributed by atoms with Crippen molar-refractivity contribution in [2.75, 3.05) is 11.1 Å². The number of carbonyl (C=O) groups excluding carboxylic acids is 1. The molecule has 0 radical (unpaired) electrons. The summed E-state index contributed by atoms with van der Waals surface area (Å²) in [5.74, 6) is 1.06. The molecule has 1 N–H and O–H groups in total. The third-order valence-corrected chi connectivity index (χ3v) is 5.01. The van der Waals surface area contributed by atoms with Crippen LogP contribution in [0.5, 0.6) is 5.75 Å². The van der Waals surface area contributed by atoms with Crippen LogP contribution in [0.4, 0.5) is 5.69 Å². The van der Waals surface area contributed by atoms with Crippen LogP contribution in [0.15, 0.2) is 46.0 Å². The minimum Gasteiger partial charge on any atom is -0.484 e. The summed E-state index contributed by atoms with van der Waals surface area (Å²) in [6.45, 7) is 6.10. The van der Waals surface area contributed by atoms with Gasteiger partial charge in [-0.15, -0.1) is 10.2 Å². The first kappa shape index (κ1) is 20.2. The molecule has 0 unspecified atom stereocenters. The van der Waals surface area contributed by atoms with Crippen molar-refractivity contribution in [2.24, 2.45) is 0 Å². The van der Waals surface area contributed by atoms with Crippen LogP contribution >= 0.6 is 23.4 Å². The van der Waals surface area contributed by atoms with E-state index in [1.165, 1.54) is 0 Å². The molecule has 146 valence electrons. The predicted molar refractivity (Wildman–Crippen MR) is 110 cm³/mol. The molecule has 8 heteroatoms. The lowest BCUT2D eigenvalue weighted by atomic mass is 10.1. The highest BCUT2D eigenvalue weighted by molar-refractivity contribution is 7.99. The highest BCUT2D eigenvalue weighted by Gasteiger charge is 2.11. The molecule has 1 amide bonds. The minimum atomic E-state index is -0.184. The van der Waals surface area contributed by atoms with E-state index in [4.69, 9.17) is 20.8 Å². The highest BCUT2D eigenvalue weighted by atomic mass is 35.5. The first-order valence-corrected chi connectivity index (χ1v) is 9.97. The summed E-state index contributed by atoms with van der Waals surface area (Å²) in [4.78, 5) is 12.1. The fourth-order valence-corrected chi connectivity index (χ4v) is 3.27. The number of halogens is 1. The van der Waals surface area contributed by atoms with Crippen molar-refractivity contribution in [1.29, 1.82) is 0 Å². The molecule has 1 aromatic heterocycles. The fourth-order valence-electron chi connectivity index (χ4n) is 2.51. The Bertz CT molecular complexity index is 970. The van der Waals surface area contributed by atoms with Crippen LogP contribution in [0.3, 0.4) is 0 Å². The number of aryl methyl sites for hydroxylation is 3. The van der Waals surface area contributed by atoms with Gasteiger partial charge in [-0.2, -0.15) is 0 Å². The van der Waals surface area contributed by atoms with Crippen molar-refractivity contribution in [3.8, 4) is 5.75 Å². The molecule has 0 atom stereocenters. The van der Waals surface area contributed by atoms with E-state index in [0.29, 0.717) is 21.8 Å². The Hall–Kier alpha value is -2.51. The van der Waals surface area contributed by atoms with Gasteiger partial charge in [0, 0.05) is 10.7 Å². The van der Waals surface area contributed by atoms with Gasteiger partial charge in [0.25, 0.3) is 11.1 Å². The summed E-state index contributed by atoms with van der Waals surface area (Å²) in [5, 5.41) is 11.6. The molecule has 28 heavy (non-hydrogen) atoms. The molecule has 0 aliphatic carbocycles. The maximum Gasteiger partial charge on any atom is 0.277 e. The summed E-state index contributed by atoms with van der Waals surface area (Å²) in [7, 11) is 0. The molecule has 0 saturated heterocycles. The second kappa shape index (κ2) is 9.12. The molecule has 6 nitrogen and oxygen atoms in total.